The number of benzene rings is 1. The van der Waals surface area contributed by atoms with Crippen LogP contribution in [0.25, 0.3) is 11.1 Å². The zero-order valence-electron chi connectivity index (χ0n) is 15.8. The summed E-state index contributed by atoms with van der Waals surface area (Å²) in [6.07, 6.45) is -0.609. The van der Waals surface area contributed by atoms with E-state index in [1.165, 1.54) is 11.3 Å². The number of carbonyl (C=O) groups is 1. The lowest BCUT2D eigenvalue weighted by atomic mass is 10.1. The fourth-order valence-corrected chi connectivity index (χ4v) is 4.17. The minimum Gasteiger partial charge on any atom is -0.448 e. The van der Waals surface area contributed by atoms with E-state index in [1.807, 2.05) is 36.4 Å². The molecule has 0 N–H and O–H groups in total. The van der Waals surface area contributed by atoms with Gasteiger partial charge in [-0.25, -0.2) is 4.79 Å². The highest BCUT2D eigenvalue weighted by atomic mass is 32.1. The molecule has 4 rings (SSSR count). The molecule has 3 aromatic rings. The van der Waals surface area contributed by atoms with Crippen LogP contribution in [0.3, 0.4) is 0 Å². The minimum atomic E-state index is -0.609. The Hall–Kier alpha value is -2.71. The molecule has 3 heterocycles. The van der Waals surface area contributed by atoms with E-state index in [1.54, 1.807) is 13.8 Å². The van der Waals surface area contributed by atoms with Gasteiger partial charge in [-0.05, 0) is 25.5 Å². The number of hydrogen-bond acceptors (Lipinski definition) is 8. The lowest BCUT2D eigenvalue weighted by Crippen LogP contribution is -2.35. The van der Waals surface area contributed by atoms with Gasteiger partial charge in [-0.2, -0.15) is 4.98 Å². The van der Waals surface area contributed by atoms with E-state index in [9.17, 15) is 4.79 Å². The van der Waals surface area contributed by atoms with Gasteiger partial charge in [0.2, 0.25) is 0 Å². The van der Waals surface area contributed by atoms with Gasteiger partial charge in [0.05, 0.1) is 18.2 Å². The molecule has 1 aromatic carbocycles. The molecular formula is C20H21N3O4S. The van der Waals surface area contributed by atoms with Gasteiger partial charge in [0.1, 0.15) is 4.88 Å². The summed E-state index contributed by atoms with van der Waals surface area (Å²) < 4.78 is 16.1. The minimum absolute atomic E-state index is 0.291. The van der Waals surface area contributed by atoms with Crippen LogP contribution in [-0.2, 0) is 9.47 Å². The highest BCUT2D eigenvalue weighted by Crippen LogP contribution is 2.40. The number of aryl methyl sites for hydroxylation is 1. The van der Waals surface area contributed by atoms with Crippen molar-refractivity contribution in [2.45, 2.75) is 20.0 Å². The number of nitrogens with zero attached hydrogens (tertiary/aromatic N) is 3. The second-order valence-electron chi connectivity index (χ2n) is 6.52. The summed E-state index contributed by atoms with van der Waals surface area (Å²) in [7, 11) is 0. The molecule has 7 nitrogen and oxygen atoms in total. The van der Waals surface area contributed by atoms with Crippen molar-refractivity contribution in [2.75, 3.05) is 31.2 Å². The Labute approximate surface area is 166 Å². The van der Waals surface area contributed by atoms with Gasteiger partial charge in [0, 0.05) is 18.7 Å². The Bertz CT molecular complexity index is 948. The van der Waals surface area contributed by atoms with Crippen LogP contribution >= 0.6 is 11.3 Å². The van der Waals surface area contributed by atoms with E-state index in [-0.39, 0.29) is 0 Å². The Balaban J connectivity index is 1.61. The SMILES string of the molecule is Cc1noc(C(C)OC(=O)c2cc(-c3ccccc3)c(N3CCOCC3)s2)n1. The number of thiophene rings is 1. The molecule has 1 unspecified atom stereocenters. The average Bonchev–Trinajstić information content (AvgIpc) is 3.36. The topological polar surface area (TPSA) is 77.7 Å². The molecule has 2 aromatic heterocycles. The maximum absolute atomic E-state index is 12.8. The van der Waals surface area contributed by atoms with Gasteiger partial charge in [0.15, 0.2) is 11.9 Å². The molecule has 8 heteroatoms. The third-order valence-corrected chi connectivity index (χ3v) is 5.65. The number of hydrogen-bond donors (Lipinski definition) is 0. The van der Waals surface area contributed by atoms with E-state index in [2.05, 4.69) is 15.0 Å². The Kier molecular flexibility index (Phi) is 5.40. The zero-order valence-corrected chi connectivity index (χ0v) is 16.6. The number of morpholine rings is 1. The monoisotopic (exact) mass is 399 g/mol. The van der Waals surface area contributed by atoms with Crippen molar-refractivity contribution in [3.8, 4) is 11.1 Å². The van der Waals surface area contributed by atoms with Crippen LogP contribution in [0.15, 0.2) is 40.9 Å². The van der Waals surface area contributed by atoms with Gasteiger partial charge in [-0.15, -0.1) is 11.3 Å². The summed E-state index contributed by atoms with van der Waals surface area (Å²) in [5.74, 6) is 0.402. The van der Waals surface area contributed by atoms with Crippen LogP contribution in [0.2, 0.25) is 0 Å². The van der Waals surface area contributed by atoms with Gasteiger partial charge in [0.25, 0.3) is 5.89 Å². The number of ether oxygens (including phenoxy) is 2. The lowest BCUT2D eigenvalue weighted by Gasteiger charge is -2.28. The summed E-state index contributed by atoms with van der Waals surface area (Å²) >= 11 is 1.44. The number of esters is 1. The van der Waals surface area contributed by atoms with Crippen LogP contribution in [0.1, 0.15) is 34.4 Å². The number of carbonyl (C=O) groups excluding carboxylic acids is 1. The molecule has 0 amide bonds. The molecule has 0 aliphatic carbocycles. The number of anilines is 1. The van der Waals surface area contributed by atoms with E-state index in [0.717, 1.165) is 29.2 Å². The van der Waals surface area contributed by atoms with Crippen LogP contribution in [-0.4, -0.2) is 42.4 Å². The highest BCUT2D eigenvalue weighted by Gasteiger charge is 2.25. The van der Waals surface area contributed by atoms with Crippen molar-refractivity contribution < 1.29 is 18.8 Å². The molecule has 1 saturated heterocycles. The molecule has 1 aliphatic heterocycles. The van der Waals surface area contributed by atoms with E-state index < -0.39 is 12.1 Å². The van der Waals surface area contributed by atoms with Gasteiger partial charge >= 0.3 is 5.97 Å². The lowest BCUT2D eigenvalue weighted by molar-refractivity contribution is 0.0271. The van der Waals surface area contributed by atoms with Crippen molar-refractivity contribution in [1.82, 2.24) is 10.1 Å². The third kappa shape index (κ3) is 3.93. The van der Waals surface area contributed by atoms with E-state index in [4.69, 9.17) is 14.0 Å². The maximum Gasteiger partial charge on any atom is 0.349 e. The highest BCUT2D eigenvalue weighted by molar-refractivity contribution is 7.18. The largest absolute Gasteiger partial charge is 0.448 e. The molecule has 0 radical (unpaired) electrons. The summed E-state index contributed by atoms with van der Waals surface area (Å²) in [5, 5.41) is 4.80. The Morgan fingerprint density at radius 2 is 2.00 bits per heavy atom. The molecule has 1 atom stereocenters. The van der Waals surface area contributed by atoms with Crippen molar-refractivity contribution >= 4 is 22.3 Å². The van der Waals surface area contributed by atoms with Crippen molar-refractivity contribution in [2.24, 2.45) is 0 Å². The quantitative estimate of drug-likeness (QED) is 0.603. The van der Waals surface area contributed by atoms with Crippen molar-refractivity contribution in [1.29, 1.82) is 0 Å². The van der Waals surface area contributed by atoms with Crippen molar-refractivity contribution in [3.63, 3.8) is 0 Å². The summed E-state index contributed by atoms with van der Waals surface area (Å²) in [6.45, 7) is 6.40. The molecule has 1 aliphatic rings. The first-order valence-electron chi connectivity index (χ1n) is 9.15. The predicted molar refractivity (Wildman–Crippen MR) is 106 cm³/mol. The van der Waals surface area contributed by atoms with Gasteiger partial charge < -0.3 is 18.9 Å². The third-order valence-electron chi connectivity index (χ3n) is 4.47. The summed E-state index contributed by atoms with van der Waals surface area (Å²) in [6, 6.07) is 12.0. The first-order chi connectivity index (χ1) is 13.6. The molecular weight excluding hydrogens is 378 g/mol. The second kappa shape index (κ2) is 8.12. The first kappa shape index (κ1) is 18.6. The second-order valence-corrected chi connectivity index (χ2v) is 7.55. The first-order valence-corrected chi connectivity index (χ1v) is 9.96. The van der Waals surface area contributed by atoms with Crippen LogP contribution in [0.5, 0.6) is 0 Å². The maximum atomic E-state index is 12.8. The van der Waals surface area contributed by atoms with Crippen LogP contribution < -0.4 is 4.90 Å². The molecule has 0 saturated carbocycles. The fraction of sp³-hybridized carbons (Fsp3) is 0.350. The fourth-order valence-electron chi connectivity index (χ4n) is 3.06. The van der Waals surface area contributed by atoms with Gasteiger partial charge in [-0.1, -0.05) is 35.5 Å². The summed E-state index contributed by atoms with van der Waals surface area (Å²) in [4.78, 5) is 19.7. The normalized spacial score (nSPS) is 15.4. The molecule has 1 fully saturated rings. The van der Waals surface area contributed by atoms with E-state index >= 15 is 0 Å². The number of aromatic nitrogens is 2. The molecule has 0 bridgehead atoms. The standard InChI is InChI=1S/C20H21N3O4S/c1-13(18-21-14(2)22-27-18)26-20(24)17-12-16(15-6-4-3-5-7-15)19(28-17)23-8-10-25-11-9-23/h3-7,12-13H,8-11H2,1-2H3. The predicted octanol–water partition coefficient (Wildman–Crippen LogP) is 3.86. The van der Waals surface area contributed by atoms with E-state index in [0.29, 0.717) is 29.8 Å². The molecule has 146 valence electrons. The van der Waals surface area contributed by atoms with Crippen LogP contribution in [0, 0.1) is 6.92 Å². The average molecular weight is 399 g/mol. The smallest absolute Gasteiger partial charge is 0.349 e. The summed E-state index contributed by atoms with van der Waals surface area (Å²) in [5.41, 5.74) is 2.10. The Morgan fingerprint density at radius 1 is 1.25 bits per heavy atom. The van der Waals surface area contributed by atoms with Crippen LogP contribution in [0.4, 0.5) is 5.00 Å². The molecule has 0 spiro atoms. The van der Waals surface area contributed by atoms with Gasteiger partial charge in [-0.3, -0.25) is 0 Å². The number of rotatable bonds is 5. The molecule has 28 heavy (non-hydrogen) atoms. The Morgan fingerprint density at radius 3 is 2.68 bits per heavy atom. The van der Waals surface area contributed by atoms with Crippen molar-refractivity contribution in [3.05, 3.63) is 53.0 Å². The zero-order chi connectivity index (χ0) is 19.5.